The summed E-state index contributed by atoms with van der Waals surface area (Å²) in [7, 11) is 3.08. The lowest BCUT2D eigenvalue weighted by molar-refractivity contribution is -0.143. The van der Waals surface area contributed by atoms with Crippen molar-refractivity contribution < 1.29 is 24.5 Å². The molecule has 5 N–H and O–H groups in total. The summed E-state index contributed by atoms with van der Waals surface area (Å²) in [5.74, 6) is 0.0274. The van der Waals surface area contributed by atoms with Crippen LogP contribution in [0.2, 0.25) is 0 Å². The summed E-state index contributed by atoms with van der Waals surface area (Å²) in [6, 6.07) is 12.7. The van der Waals surface area contributed by atoms with Crippen LogP contribution in [0.1, 0.15) is 11.1 Å². The Bertz CT molecular complexity index is 716. The molecule has 0 fully saturated rings. The van der Waals surface area contributed by atoms with Crippen LogP contribution in [0.5, 0.6) is 11.5 Å². The van der Waals surface area contributed by atoms with Crippen molar-refractivity contribution in [2.24, 2.45) is 5.73 Å². The molecule has 0 unspecified atom stereocenters. The fraction of sp³-hybridized carbons (Fsp3) is 0.350. The molecule has 0 aliphatic carbocycles. The van der Waals surface area contributed by atoms with E-state index in [1.165, 1.54) is 0 Å². The highest BCUT2D eigenvalue weighted by Gasteiger charge is 2.30. The topological polar surface area (TPSA) is 114 Å². The van der Waals surface area contributed by atoms with Gasteiger partial charge in [-0.1, -0.05) is 30.3 Å². The summed E-state index contributed by atoms with van der Waals surface area (Å²) in [4.78, 5) is 11.6. The van der Waals surface area contributed by atoms with E-state index in [0.29, 0.717) is 17.9 Å². The Labute approximate surface area is 158 Å². The monoisotopic (exact) mass is 374 g/mol. The lowest BCUT2D eigenvalue weighted by Crippen LogP contribution is -2.54. The number of hydrogen-bond acceptors (Lipinski definition) is 6. The lowest BCUT2D eigenvalue weighted by atomic mass is 9.97. The largest absolute Gasteiger partial charge is 0.497 e. The van der Waals surface area contributed by atoms with Gasteiger partial charge in [-0.25, -0.2) is 0 Å². The standard InChI is InChI=1S/C20H26N2O5/c1-26-15-8-14(9-16(11-15)27-2)12-22-18(20(24)25)19(23)17(21)10-13-6-4-3-5-7-13/h3-9,11,17-19,22-23H,10,12,21H2,1-2H3,(H,24,25)/t17-,18+,19+/m0/s1. The number of ether oxygens (including phenoxy) is 2. The van der Waals surface area contributed by atoms with Crippen molar-refractivity contribution >= 4 is 5.97 Å². The number of aliphatic hydroxyl groups is 1. The van der Waals surface area contributed by atoms with E-state index in [0.717, 1.165) is 11.1 Å². The zero-order valence-corrected chi connectivity index (χ0v) is 15.5. The average molecular weight is 374 g/mol. The highest BCUT2D eigenvalue weighted by molar-refractivity contribution is 5.74. The van der Waals surface area contributed by atoms with Crippen LogP contribution in [-0.4, -0.2) is 48.6 Å². The van der Waals surface area contributed by atoms with Crippen molar-refractivity contribution in [2.75, 3.05) is 14.2 Å². The van der Waals surface area contributed by atoms with Crippen LogP contribution in [0.4, 0.5) is 0 Å². The van der Waals surface area contributed by atoms with E-state index in [1.807, 2.05) is 30.3 Å². The first-order valence-corrected chi connectivity index (χ1v) is 8.60. The van der Waals surface area contributed by atoms with E-state index in [1.54, 1.807) is 32.4 Å². The van der Waals surface area contributed by atoms with Gasteiger partial charge < -0.3 is 25.4 Å². The van der Waals surface area contributed by atoms with Crippen molar-refractivity contribution in [2.45, 2.75) is 31.2 Å². The molecule has 3 atom stereocenters. The van der Waals surface area contributed by atoms with Crippen LogP contribution < -0.4 is 20.5 Å². The van der Waals surface area contributed by atoms with E-state index >= 15 is 0 Å². The maximum absolute atomic E-state index is 11.6. The summed E-state index contributed by atoms with van der Waals surface area (Å²) in [5.41, 5.74) is 7.76. The zero-order chi connectivity index (χ0) is 19.8. The van der Waals surface area contributed by atoms with Gasteiger partial charge in [-0.2, -0.15) is 0 Å². The number of carboxylic acids is 1. The van der Waals surface area contributed by atoms with Crippen LogP contribution in [0, 0.1) is 0 Å². The number of aliphatic hydroxyl groups excluding tert-OH is 1. The lowest BCUT2D eigenvalue weighted by Gasteiger charge is -2.26. The number of benzene rings is 2. The normalized spacial score (nSPS) is 14.2. The Morgan fingerprint density at radius 3 is 2.19 bits per heavy atom. The summed E-state index contributed by atoms with van der Waals surface area (Å²) >= 11 is 0. The van der Waals surface area contributed by atoms with Crippen LogP contribution in [0.25, 0.3) is 0 Å². The van der Waals surface area contributed by atoms with Crippen LogP contribution in [-0.2, 0) is 17.8 Å². The van der Waals surface area contributed by atoms with E-state index < -0.39 is 24.2 Å². The fourth-order valence-corrected chi connectivity index (χ4v) is 2.80. The molecule has 0 amide bonds. The highest BCUT2D eigenvalue weighted by Crippen LogP contribution is 2.22. The van der Waals surface area contributed by atoms with Gasteiger partial charge in [0.2, 0.25) is 0 Å². The predicted octanol–water partition coefficient (Wildman–Crippen LogP) is 1.18. The molecule has 2 aromatic carbocycles. The van der Waals surface area contributed by atoms with E-state index in [9.17, 15) is 15.0 Å². The number of aliphatic carboxylic acids is 1. The number of carbonyl (C=O) groups is 1. The number of nitrogens with two attached hydrogens (primary N) is 1. The molecule has 0 radical (unpaired) electrons. The Hall–Kier alpha value is -2.61. The quantitative estimate of drug-likeness (QED) is 0.494. The van der Waals surface area contributed by atoms with Gasteiger partial charge in [-0.3, -0.25) is 10.1 Å². The first-order chi connectivity index (χ1) is 12.9. The Balaban J connectivity index is 2.05. The number of carboxylic acid groups (broad SMARTS) is 1. The first-order valence-electron chi connectivity index (χ1n) is 8.60. The second kappa shape index (κ2) is 9.91. The van der Waals surface area contributed by atoms with Crippen molar-refractivity contribution in [3.05, 3.63) is 59.7 Å². The van der Waals surface area contributed by atoms with E-state index in [2.05, 4.69) is 5.32 Å². The third kappa shape index (κ3) is 5.96. The van der Waals surface area contributed by atoms with Crippen molar-refractivity contribution in [1.29, 1.82) is 0 Å². The molecule has 7 heteroatoms. The molecule has 27 heavy (non-hydrogen) atoms. The third-order valence-electron chi connectivity index (χ3n) is 4.30. The zero-order valence-electron chi connectivity index (χ0n) is 15.5. The molecule has 2 aromatic rings. The Morgan fingerprint density at radius 1 is 1.07 bits per heavy atom. The van der Waals surface area contributed by atoms with E-state index in [-0.39, 0.29) is 6.54 Å². The maximum atomic E-state index is 11.6. The Kier molecular flexibility index (Phi) is 7.60. The molecule has 0 aromatic heterocycles. The molecular formula is C20H26N2O5. The average Bonchev–Trinajstić information content (AvgIpc) is 2.68. The maximum Gasteiger partial charge on any atom is 0.323 e. The van der Waals surface area contributed by atoms with Crippen LogP contribution in [0.15, 0.2) is 48.5 Å². The molecule has 0 saturated heterocycles. The summed E-state index contributed by atoms with van der Waals surface area (Å²) in [6.07, 6.45) is -0.879. The van der Waals surface area contributed by atoms with Gasteiger partial charge in [0.15, 0.2) is 0 Å². The van der Waals surface area contributed by atoms with Crippen LogP contribution >= 0.6 is 0 Å². The molecule has 146 valence electrons. The molecule has 0 saturated carbocycles. The van der Waals surface area contributed by atoms with Crippen LogP contribution in [0.3, 0.4) is 0 Å². The summed E-state index contributed by atoms with van der Waals surface area (Å²) < 4.78 is 10.4. The van der Waals surface area contributed by atoms with Gasteiger partial charge in [-0.05, 0) is 29.7 Å². The SMILES string of the molecule is COc1cc(CN[C@@H](C(=O)O)[C@H](O)[C@@H](N)Cc2ccccc2)cc(OC)c1. The minimum atomic E-state index is -1.25. The molecule has 7 nitrogen and oxygen atoms in total. The van der Waals surface area contributed by atoms with Gasteiger partial charge in [0.05, 0.1) is 20.3 Å². The number of hydrogen-bond donors (Lipinski definition) is 4. The van der Waals surface area contributed by atoms with Gasteiger partial charge in [0, 0.05) is 18.7 Å². The smallest absolute Gasteiger partial charge is 0.323 e. The molecular weight excluding hydrogens is 348 g/mol. The molecule has 0 spiro atoms. The van der Waals surface area contributed by atoms with Gasteiger partial charge in [0.25, 0.3) is 0 Å². The van der Waals surface area contributed by atoms with Gasteiger partial charge >= 0.3 is 5.97 Å². The van der Waals surface area contributed by atoms with Crippen molar-refractivity contribution in [3.63, 3.8) is 0 Å². The molecule has 0 bridgehead atoms. The fourth-order valence-electron chi connectivity index (χ4n) is 2.80. The second-order valence-corrected chi connectivity index (χ2v) is 6.26. The summed E-state index contributed by atoms with van der Waals surface area (Å²) in [6.45, 7) is 0.208. The number of methoxy groups -OCH3 is 2. The molecule has 2 rings (SSSR count). The molecule has 0 heterocycles. The van der Waals surface area contributed by atoms with Gasteiger partial charge in [-0.15, -0.1) is 0 Å². The Morgan fingerprint density at radius 2 is 1.67 bits per heavy atom. The predicted molar refractivity (Wildman–Crippen MR) is 102 cm³/mol. The summed E-state index contributed by atoms with van der Waals surface area (Å²) in [5, 5.41) is 22.8. The minimum absolute atomic E-state index is 0.208. The first kappa shape index (κ1) is 20.7. The van der Waals surface area contributed by atoms with Crippen molar-refractivity contribution in [1.82, 2.24) is 5.32 Å². The van der Waals surface area contributed by atoms with Crippen molar-refractivity contribution in [3.8, 4) is 11.5 Å². The third-order valence-corrected chi connectivity index (χ3v) is 4.30. The second-order valence-electron chi connectivity index (χ2n) is 6.26. The highest BCUT2D eigenvalue weighted by atomic mass is 16.5. The van der Waals surface area contributed by atoms with E-state index in [4.69, 9.17) is 15.2 Å². The molecule has 0 aliphatic rings. The molecule has 0 aliphatic heterocycles. The van der Waals surface area contributed by atoms with Gasteiger partial charge in [0.1, 0.15) is 17.5 Å². The number of nitrogens with one attached hydrogen (secondary N) is 1. The number of rotatable bonds is 10. The minimum Gasteiger partial charge on any atom is -0.497 e.